The van der Waals surface area contributed by atoms with E-state index in [9.17, 15) is 9.59 Å². The lowest BCUT2D eigenvalue weighted by atomic mass is 10.1. The molecule has 0 unspecified atom stereocenters. The Morgan fingerprint density at radius 1 is 0.893 bits per heavy atom. The van der Waals surface area contributed by atoms with Crippen molar-refractivity contribution in [3.05, 3.63) is 83.1 Å². The summed E-state index contributed by atoms with van der Waals surface area (Å²) in [6, 6.07) is 15.8. The SMILES string of the molecule is CN(C)c1ccc(NC(=O)c2cncc(C(=O)Nc3ccccc3Cl)c2)cc1. The van der Waals surface area contributed by atoms with E-state index in [2.05, 4.69) is 15.6 Å². The molecule has 3 rings (SSSR count). The second-order valence-corrected chi connectivity index (χ2v) is 6.70. The van der Waals surface area contributed by atoms with Gasteiger partial charge in [0.05, 0.1) is 21.8 Å². The average Bonchev–Trinajstić information content (AvgIpc) is 2.70. The summed E-state index contributed by atoms with van der Waals surface area (Å²) >= 11 is 6.06. The van der Waals surface area contributed by atoms with Crippen molar-refractivity contribution in [3.8, 4) is 0 Å². The highest BCUT2D eigenvalue weighted by Gasteiger charge is 2.13. The molecule has 0 spiro atoms. The van der Waals surface area contributed by atoms with Crippen LogP contribution in [-0.2, 0) is 0 Å². The summed E-state index contributed by atoms with van der Waals surface area (Å²) < 4.78 is 0. The van der Waals surface area contributed by atoms with Crippen LogP contribution in [-0.4, -0.2) is 30.9 Å². The molecular weight excluding hydrogens is 376 g/mol. The number of para-hydroxylation sites is 1. The smallest absolute Gasteiger partial charge is 0.257 e. The maximum absolute atomic E-state index is 12.5. The maximum Gasteiger partial charge on any atom is 0.257 e. The number of rotatable bonds is 5. The Hall–Kier alpha value is -3.38. The molecule has 0 saturated carbocycles. The normalized spacial score (nSPS) is 10.2. The van der Waals surface area contributed by atoms with Crippen molar-refractivity contribution in [2.75, 3.05) is 29.6 Å². The fourth-order valence-electron chi connectivity index (χ4n) is 2.49. The molecule has 0 fully saturated rings. The van der Waals surface area contributed by atoms with Gasteiger partial charge < -0.3 is 15.5 Å². The number of anilines is 3. The molecule has 2 aromatic carbocycles. The van der Waals surface area contributed by atoms with Crippen LogP contribution >= 0.6 is 11.6 Å². The molecule has 0 saturated heterocycles. The lowest BCUT2D eigenvalue weighted by Gasteiger charge is -2.13. The van der Waals surface area contributed by atoms with Crippen LogP contribution in [0.15, 0.2) is 67.0 Å². The molecule has 2 N–H and O–H groups in total. The van der Waals surface area contributed by atoms with Gasteiger partial charge in [0.15, 0.2) is 0 Å². The quantitative estimate of drug-likeness (QED) is 0.676. The van der Waals surface area contributed by atoms with E-state index in [-0.39, 0.29) is 17.0 Å². The van der Waals surface area contributed by atoms with Crippen LogP contribution in [0.4, 0.5) is 17.1 Å². The number of nitrogens with zero attached hydrogens (tertiary/aromatic N) is 2. The highest BCUT2D eigenvalue weighted by atomic mass is 35.5. The highest BCUT2D eigenvalue weighted by Crippen LogP contribution is 2.21. The zero-order valence-electron chi connectivity index (χ0n) is 15.4. The van der Waals surface area contributed by atoms with Crippen LogP contribution in [0.5, 0.6) is 0 Å². The van der Waals surface area contributed by atoms with Crippen LogP contribution < -0.4 is 15.5 Å². The summed E-state index contributed by atoms with van der Waals surface area (Å²) in [6.07, 6.45) is 2.81. The molecule has 0 aliphatic heterocycles. The molecule has 3 aromatic rings. The molecule has 1 aromatic heterocycles. The van der Waals surface area contributed by atoms with Gasteiger partial charge in [-0.3, -0.25) is 14.6 Å². The predicted molar refractivity (Wildman–Crippen MR) is 112 cm³/mol. The minimum Gasteiger partial charge on any atom is -0.378 e. The van der Waals surface area contributed by atoms with Gasteiger partial charge in [-0.1, -0.05) is 23.7 Å². The van der Waals surface area contributed by atoms with E-state index in [1.165, 1.54) is 18.5 Å². The van der Waals surface area contributed by atoms with Crippen molar-refractivity contribution >= 4 is 40.5 Å². The molecular formula is C21H19ClN4O2. The summed E-state index contributed by atoms with van der Waals surface area (Å²) in [7, 11) is 3.89. The third-order valence-electron chi connectivity index (χ3n) is 4.03. The van der Waals surface area contributed by atoms with Crippen LogP contribution in [0.2, 0.25) is 5.02 Å². The fraction of sp³-hybridized carbons (Fsp3) is 0.0952. The highest BCUT2D eigenvalue weighted by molar-refractivity contribution is 6.33. The Kier molecular flexibility index (Phi) is 5.91. The summed E-state index contributed by atoms with van der Waals surface area (Å²) in [5.74, 6) is -0.747. The van der Waals surface area contributed by atoms with Gasteiger partial charge in [-0.15, -0.1) is 0 Å². The van der Waals surface area contributed by atoms with E-state index in [0.29, 0.717) is 16.4 Å². The number of halogens is 1. The molecule has 0 atom stereocenters. The van der Waals surface area contributed by atoms with Crippen molar-refractivity contribution < 1.29 is 9.59 Å². The van der Waals surface area contributed by atoms with Crippen molar-refractivity contribution in [2.45, 2.75) is 0 Å². The number of pyridine rings is 1. The van der Waals surface area contributed by atoms with Crippen molar-refractivity contribution in [3.63, 3.8) is 0 Å². The summed E-state index contributed by atoms with van der Waals surface area (Å²) in [5, 5.41) is 5.94. The number of aromatic nitrogens is 1. The maximum atomic E-state index is 12.5. The summed E-state index contributed by atoms with van der Waals surface area (Å²) in [5.41, 5.74) is 2.71. The van der Waals surface area contributed by atoms with Gasteiger partial charge in [0.2, 0.25) is 0 Å². The molecule has 0 aliphatic carbocycles. The molecule has 142 valence electrons. The first-order chi connectivity index (χ1) is 13.4. The predicted octanol–water partition coefficient (Wildman–Crippen LogP) is 4.31. The number of hydrogen-bond acceptors (Lipinski definition) is 4. The van der Waals surface area contributed by atoms with E-state index < -0.39 is 5.91 Å². The topological polar surface area (TPSA) is 74.3 Å². The molecule has 1 heterocycles. The Bertz CT molecular complexity index is 1000. The molecule has 2 amide bonds. The van der Waals surface area contributed by atoms with E-state index >= 15 is 0 Å². The molecule has 0 radical (unpaired) electrons. The third kappa shape index (κ3) is 4.66. The van der Waals surface area contributed by atoms with Gasteiger partial charge >= 0.3 is 0 Å². The van der Waals surface area contributed by atoms with Gasteiger partial charge in [0, 0.05) is 37.9 Å². The Morgan fingerprint density at radius 2 is 1.50 bits per heavy atom. The molecule has 7 heteroatoms. The zero-order chi connectivity index (χ0) is 20.1. The molecule has 0 bridgehead atoms. The molecule has 6 nitrogen and oxygen atoms in total. The number of amides is 2. The van der Waals surface area contributed by atoms with E-state index in [0.717, 1.165) is 5.69 Å². The molecule has 0 aliphatic rings. The lowest BCUT2D eigenvalue weighted by Crippen LogP contribution is -2.16. The van der Waals surface area contributed by atoms with E-state index in [4.69, 9.17) is 11.6 Å². The Labute approximate surface area is 168 Å². The first-order valence-electron chi connectivity index (χ1n) is 8.54. The van der Waals surface area contributed by atoms with Crippen molar-refractivity contribution in [2.24, 2.45) is 0 Å². The second-order valence-electron chi connectivity index (χ2n) is 6.29. The van der Waals surface area contributed by atoms with Crippen LogP contribution in [0.3, 0.4) is 0 Å². The van der Waals surface area contributed by atoms with Gasteiger partial charge in [-0.05, 0) is 42.5 Å². The van der Waals surface area contributed by atoms with Crippen LogP contribution in [0.25, 0.3) is 0 Å². The minimum absolute atomic E-state index is 0.260. The Morgan fingerprint density at radius 3 is 2.11 bits per heavy atom. The number of hydrogen-bond donors (Lipinski definition) is 2. The average molecular weight is 395 g/mol. The second kappa shape index (κ2) is 8.54. The zero-order valence-corrected chi connectivity index (χ0v) is 16.2. The van der Waals surface area contributed by atoms with Gasteiger partial charge in [0.1, 0.15) is 0 Å². The number of nitrogens with one attached hydrogen (secondary N) is 2. The van der Waals surface area contributed by atoms with Gasteiger partial charge in [-0.25, -0.2) is 0 Å². The summed E-state index contributed by atoms with van der Waals surface area (Å²) in [4.78, 5) is 30.9. The molecule has 28 heavy (non-hydrogen) atoms. The standard InChI is InChI=1S/C21H19ClN4O2/c1-26(2)17-9-7-16(8-10-17)24-20(27)14-11-15(13-23-12-14)21(28)25-19-6-4-3-5-18(19)22/h3-13H,1-2H3,(H,24,27)(H,25,28). The largest absolute Gasteiger partial charge is 0.378 e. The number of carbonyl (C=O) groups is 2. The van der Waals surface area contributed by atoms with Crippen LogP contribution in [0, 0.1) is 0 Å². The Balaban J connectivity index is 1.72. The lowest BCUT2D eigenvalue weighted by molar-refractivity contribution is 0.102. The third-order valence-corrected chi connectivity index (χ3v) is 4.36. The fourth-order valence-corrected chi connectivity index (χ4v) is 2.67. The van der Waals surface area contributed by atoms with E-state index in [1.807, 2.05) is 43.3 Å². The summed E-state index contributed by atoms with van der Waals surface area (Å²) in [6.45, 7) is 0. The number of carbonyl (C=O) groups excluding carboxylic acids is 2. The first kappa shape index (κ1) is 19.4. The first-order valence-corrected chi connectivity index (χ1v) is 8.91. The van der Waals surface area contributed by atoms with Crippen LogP contribution in [0.1, 0.15) is 20.7 Å². The van der Waals surface area contributed by atoms with E-state index in [1.54, 1.807) is 24.3 Å². The van der Waals surface area contributed by atoms with Gasteiger partial charge in [-0.2, -0.15) is 0 Å². The van der Waals surface area contributed by atoms with Crippen molar-refractivity contribution in [1.82, 2.24) is 4.98 Å². The van der Waals surface area contributed by atoms with Crippen molar-refractivity contribution in [1.29, 1.82) is 0 Å². The van der Waals surface area contributed by atoms with Gasteiger partial charge in [0.25, 0.3) is 11.8 Å². The number of benzene rings is 2. The minimum atomic E-state index is -0.398. The monoisotopic (exact) mass is 394 g/mol.